The molecule has 0 saturated carbocycles. The second-order valence-electron chi connectivity index (χ2n) is 7.99. The number of aromatic nitrogens is 2. The number of nitrogens with one attached hydrogen (secondary N) is 3. The number of pyridine rings is 1. The minimum Gasteiger partial charge on any atom is -0.478 e. The predicted octanol–water partition coefficient (Wildman–Crippen LogP) is 5.25. The molecule has 0 spiro atoms. The van der Waals surface area contributed by atoms with Crippen LogP contribution in [0.15, 0.2) is 81.5 Å². The van der Waals surface area contributed by atoms with Crippen molar-refractivity contribution >= 4 is 64.0 Å². The van der Waals surface area contributed by atoms with Crippen LogP contribution in [0.3, 0.4) is 0 Å². The molecule has 2 aromatic carbocycles. The highest BCUT2D eigenvalue weighted by atomic mass is 35.5. The average Bonchev–Trinajstić information content (AvgIpc) is 3.28. The first-order valence-corrected chi connectivity index (χ1v) is 11.7. The van der Waals surface area contributed by atoms with E-state index in [2.05, 4.69) is 30.9 Å². The number of allylic oxidation sites excluding steroid dienone is 1. The molecule has 0 aliphatic carbocycles. The largest absolute Gasteiger partial charge is 0.478 e. The SMILES string of the molecule is CC1=C(C(=O)Nc2cc(C(=O)O)ccn2)C(c2ccccc2Cl)N=C(Nc2nc3c(Cl)cccc3o2)N1. The topological polar surface area (TPSA) is 142 Å². The van der Waals surface area contributed by atoms with Crippen molar-refractivity contribution in [3.63, 3.8) is 0 Å². The molecule has 1 aliphatic heterocycles. The highest BCUT2D eigenvalue weighted by Gasteiger charge is 2.31. The number of carbonyl (C=O) groups excluding carboxylic acids is 1. The Kier molecular flexibility index (Phi) is 6.51. The van der Waals surface area contributed by atoms with Crippen LogP contribution < -0.4 is 16.0 Å². The fourth-order valence-corrected chi connectivity index (χ4v) is 4.29. The van der Waals surface area contributed by atoms with Crippen LogP contribution in [0.2, 0.25) is 10.0 Å². The van der Waals surface area contributed by atoms with E-state index in [1.54, 1.807) is 49.4 Å². The summed E-state index contributed by atoms with van der Waals surface area (Å²) in [4.78, 5) is 37.8. The first kappa shape index (κ1) is 24.3. The predicted molar refractivity (Wildman–Crippen MR) is 140 cm³/mol. The second-order valence-corrected chi connectivity index (χ2v) is 8.80. The number of oxazole rings is 1. The zero-order chi connectivity index (χ0) is 26.1. The van der Waals surface area contributed by atoms with Gasteiger partial charge in [0.15, 0.2) is 5.58 Å². The Morgan fingerprint density at radius 3 is 2.62 bits per heavy atom. The molecule has 12 heteroatoms. The lowest BCUT2D eigenvalue weighted by atomic mass is 9.95. The molecule has 0 saturated heterocycles. The minimum absolute atomic E-state index is 0.0108. The third kappa shape index (κ3) is 4.97. The fourth-order valence-electron chi connectivity index (χ4n) is 3.84. The molecular formula is C25H18Cl2N6O4. The van der Waals surface area contributed by atoms with Crippen molar-refractivity contribution in [2.45, 2.75) is 13.0 Å². The summed E-state index contributed by atoms with van der Waals surface area (Å²) in [6.07, 6.45) is 1.30. The van der Waals surface area contributed by atoms with Crippen LogP contribution in [0.5, 0.6) is 0 Å². The Labute approximate surface area is 220 Å². The van der Waals surface area contributed by atoms with Gasteiger partial charge >= 0.3 is 12.0 Å². The van der Waals surface area contributed by atoms with Crippen LogP contribution in [0.4, 0.5) is 11.8 Å². The van der Waals surface area contributed by atoms with Gasteiger partial charge in [-0.3, -0.25) is 10.1 Å². The van der Waals surface area contributed by atoms with Crippen molar-refractivity contribution in [2.24, 2.45) is 4.99 Å². The number of amides is 1. The van der Waals surface area contributed by atoms with Gasteiger partial charge in [0.2, 0.25) is 5.96 Å². The number of carboxylic acids is 1. The number of fused-ring (bicyclic) bond motifs is 1. The average molecular weight is 537 g/mol. The number of aromatic carboxylic acids is 1. The van der Waals surface area contributed by atoms with E-state index in [1.807, 2.05) is 0 Å². The lowest BCUT2D eigenvalue weighted by Crippen LogP contribution is -2.37. The molecule has 3 heterocycles. The van der Waals surface area contributed by atoms with Crippen LogP contribution in [0, 0.1) is 0 Å². The smallest absolute Gasteiger partial charge is 0.335 e. The summed E-state index contributed by atoms with van der Waals surface area (Å²) >= 11 is 12.7. The summed E-state index contributed by atoms with van der Waals surface area (Å²) < 4.78 is 5.73. The molecule has 5 rings (SSSR count). The maximum atomic E-state index is 13.4. The Balaban J connectivity index is 1.49. The number of hydrogen-bond acceptors (Lipinski definition) is 8. The quantitative estimate of drug-likeness (QED) is 0.270. The standard InChI is InChI=1S/C25H18Cl2N6O4/c1-12-19(22(34)30-18-11-13(23(35)36)9-10-28-18)20(14-5-2-3-6-15(14)26)31-24(29-12)33-25-32-21-16(27)7-4-8-17(21)37-25/h2-11,20H,1H3,(H,35,36)(H,28,30,34)(H2,29,31,32,33). The van der Waals surface area contributed by atoms with E-state index < -0.39 is 17.9 Å². The van der Waals surface area contributed by atoms with Gasteiger partial charge in [-0.05, 0) is 37.3 Å². The zero-order valence-electron chi connectivity index (χ0n) is 19.1. The maximum Gasteiger partial charge on any atom is 0.335 e. The van der Waals surface area contributed by atoms with E-state index in [0.29, 0.717) is 32.4 Å². The first-order chi connectivity index (χ1) is 17.8. The highest BCUT2D eigenvalue weighted by molar-refractivity contribution is 6.34. The third-order valence-corrected chi connectivity index (χ3v) is 6.18. The fraction of sp³-hybridized carbons (Fsp3) is 0.0800. The third-order valence-electron chi connectivity index (χ3n) is 5.53. The van der Waals surface area contributed by atoms with Crippen LogP contribution in [0.1, 0.15) is 28.9 Å². The summed E-state index contributed by atoms with van der Waals surface area (Å²) in [5, 5.41) is 18.8. The van der Waals surface area contributed by atoms with Gasteiger partial charge in [0.25, 0.3) is 5.91 Å². The van der Waals surface area contributed by atoms with E-state index in [-0.39, 0.29) is 28.9 Å². The van der Waals surface area contributed by atoms with Gasteiger partial charge in [0.05, 0.1) is 16.2 Å². The zero-order valence-corrected chi connectivity index (χ0v) is 20.6. The van der Waals surface area contributed by atoms with Gasteiger partial charge in [-0.1, -0.05) is 47.5 Å². The number of benzene rings is 2. The number of aliphatic imine (C=N–C) groups is 1. The number of carbonyl (C=O) groups is 2. The van der Waals surface area contributed by atoms with Gasteiger partial charge in [0.1, 0.15) is 17.4 Å². The van der Waals surface area contributed by atoms with E-state index >= 15 is 0 Å². The molecule has 1 amide bonds. The molecule has 1 atom stereocenters. The molecule has 4 N–H and O–H groups in total. The molecule has 2 aromatic heterocycles. The van der Waals surface area contributed by atoms with Gasteiger partial charge in [-0.25, -0.2) is 14.8 Å². The van der Waals surface area contributed by atoms with Crippen LogP contribution in [-0.4, -0.2) is 32.9 Å². The minimum atomic E-state index is -1.14. The van der Waals surface area contributed by atoms with Crippen LogP contribution in [-0.2, 0) is 4.79 Å². The van der Waals surface area contributed by atoms with Gasteiger partial charge in [0, 0.05) is 22.5 Å². The number of para-hydroxylation sites is 1. The Morgan fingerprint density at radius 1 is 1.08 bits per heavy atom. The summed E-state index contributed by atoms with van der Waals surface area (Å²) in [6, 6.07) is 14.2. The lowest BCUT2D eigenvalue weighted by Gasteiger charge is -2.26. The number of rotatable bonds is 5. The van der Waals surface area contributed by atoms with E-state index in [4.69, 9.17) is 27.6 Å². The van der Waals surface area contributed by atoms with Crippen LogP contribution >= 0.6 is 23.2 Å². The number of carboxylic acid groups (broad SMARTS) is 1. The highest BCUT2D eigenvalue weighted by Crippen LogP contribution is 2.35. The Bertz CT molecular complexity index is 1610. The normalized spacial score (nSPS) is 15.2. The lowest BCUT2D eigenvalue weighted by molar-refractivity contribution is -0.113. The Morgan fingerprint density at radius 2 is 1.86 bits per heavy atom. The summed E-state index contributed by atoms with van der Waals surface area (Å²) in [5.41, 5.74) is 2.31. The molecule has 4 aromatic rings. The number of halogens is 2. The van der Waals surface area contributed by atoms with Gasteiger partial charge in [-0.15, -0.1) is 0 Å². The van der Waals surface area contributed by atoms with E-state index in [0.717, 1.165) is 0 Å². The summed E-state index contributed by atoms with van der Waals surface area (Å²) in [5.74, 6) is -1.31. The molecule has 1 unspecified atom stereocenters. The molecule has 0 fully saturated rings. The van der Waals surface area contributed by atoms with Crippen molar-refractivity contribution in [2.75, 3.05) is 10.6 Å². The number of anilines is 2. The number of hydrogen-bond donors (Lipinski definition) is 4. The van der Waals surface area contributed by atoms with Crippen LogP contribution in [0.25, 0.3) is 11.1 Å². The molecule has 0 radical (unpaired) electrons. The summed E-state index contributed by atoms with van der Waals surface area (Å²) in [6.45, 7) is 1.71. The number of nitrogens with zero attached hydrogens (tertiary/aromatic N) is 3. The van der Waals surface area contributed by atoms with Gasteiger partial charge < -0.3 is 20.2 Å². The molecular weight excluding hydrogens is 519 g/mol. The maximum absolute atomic E-state index is 13.4. The first-order valence-electron chi connectivity index (χ1n) is 10.9. The van der Waals surface area contributed by atoms with E-state index in [1.165, 1.54) is 18.3 Å². The van der Waals surface area contributed by atoms with Crippen molar-refractivity contribution in [1.29, 1.82) is 0 Å². The van der Waals surface area contributed by atoms with Crippen molar-refractivity contribution < 1.29 is 19.1 Å². The van der Waals surface area contributed by atoms with Crippen molar-refractivity contribution in [1.82, 2.24) is 15.3 Å². The van der Waals surface area contributed by atoms with Gasteiger partial charge in [-0.2, -0.15) is 4.98 Å². The summed E-state index contributed by atoms with van der Waals surface area (Å²) in [7, 11) is 0. The monoisotopic (exact) mass is 536 g/mol. The molecule has 37 heavy (non-hydrogen) atoms. The Hall–Kier alpha value is -4.41. The molecule has 1 aliphatic rings. The molecule has 186 valence electrons. The van der Waals surface area contributed by atoms with Crippen molar-refractivity contribution in [3.8, 4) is 0 Å². The molecule has 10 nitrogen and oxygen atoms in total. The second kappa shape index (κ2) is 9.92. The van der Waals surface area contributed by atoms with Crippen molar-refractivity contribution in [3.05, 3.63) is 93.2 Å². The number of guanidine groups is 1. The van der Waals surface area contributed by atoms with E-state index in [9.17, 15) is 14.7 Å². The molecule has 0 bridgehead atoms.